The van der Waals surface area contributed by atoms with E-state index in [0.717, 1.165) is 32.8 Å². The second-order valence-corrected chi connectivity index (χ2v) is 7.99. The van der Waals surface area contributed by atoms with Crippen LogP contribution in [0.15, 0.2) is 47.4 Å². The summed E-state index contributed by atoms with van der Waals surface area (Å²) in [4.78, 5) is 29.6. The largest absolute Gasteiger partial charge is 0.326 e. The van der Waals surface area contributed by atoms with Crippen molar-refractivity contribution in [3.8, 4) is 0 Å². The maximum Gasteiger partial charge on any atom is 0.228 e. The van der Waals surface area contributed by atoms with Crippen molar-refractivity contribution in [2.75, 3.05) is 16.9 Å². The van der Waals surface area contributed by atoms with E-state index in [1.54, 1.807) is 11.8 Å². The van der Waals surface area contributed by atoms with Crippen molar-refractivity contribution < 1.29 is 9.59 Å². The highest BCUT2D eigenvalue weighted by molar-refractivity contribution is 7.98. The molecular formula is C20H21N3O2S2. The van der Waals surface area contributed by atoms with E-state index in [4.69, 9.17) is 0 Å². The zero-order valence-corrected chi connectivity index (χ0v) is 16.9. The van der Waals surface area contributed by atoms with E-state index in [1.165, 1.54) is 11.3 Å². The average Bonchev–Trinajstić information content (AvgIpc) is 3.03. The molecule has 0 saturated heterocycles. The fourth-order valence-corrected chi connectivity index (χ4v) is 4.04. The van der Waals surface area contributed by atoms with E-state index < -0.39 is 0 Å². The van der Waals surface area contributed by atoms with Gasteiger partial charge >= 0.3 is 0 Å². The number of thioether (sulfide) groups is 1. The van der Waals surface area contributed by atoms with Gasteiger partial charge in [-0.15, -0.1) is 11.8 Å². The lowest BCUT2D eigenvalue weighted by molar-refractivity contribution is -0.116. The number of nitrogens with zero attached hydrogens (tertiary/aromatic N) is 1. The Morgan fingerprint density at radius 1 is 1.11 bits per heavy atom. The number of carbonyl (C=O) groups excluding carboxylic acids is 2. The van der Waals surface area contributed by atoms with Crippen molar-refractivity contribution in [1.29, 1.82) is 0 Å². The van der Waals surface area contributed by atoms with Gasteiger partial charge in [0.15, 0.2) is 5.13 Å². The van der Waals surface area contributed by atoms with Crippen LogP contribution in [0.5, 0.6) is 0 Å². The number of carbonyl (C=O) groups is 2. The Morgan fingerprint density at radius 3 is 2.74 bits per heavy atom. The molecule has 3 aromatic rings. The predicted octanol–water partition coefficient (Wildman–Crippen LogP) is 4.94. The van der Waals surface area contributed by atoms with Crippen LogP contribution in [-0.2, 0) is 16.0 Å². The highest BCUT2D eigenvalue weighted by atomic mass is 32.2. The van der Waals surface area contributed by atoms with Crippen LogP contribution < -0.4 is 10.6 Å². The highest BCUT2D eigenvalue weighted by Crippen LogP contribution is 2.27. The molecule has 0 bridgehead atoms. The summed E-state index contributed by atoms with van der Waals surface area (Å²) in [6.45, 7) is 1.96. The standard InChI is InChI=1S/C20H21N3O2S2/c1-3-5-18(24)23-20-22-16-9-8-13(10-17(16)27-20)11-19(25)21-14-6-4-7-15(12-14)26-2/h4,6-10,12H,3,5,11H2,1-2H3,(H,21,25)(H,22,23,24). The number of nitrogens with one attached hydrogen (secondary N) is 2. The number of fused-ring (bicyclic) bond motifs is 1. The molecule has 0 radical (unpaired) electrons. The summed E-state index contributed by atoms with van der Waals surface area (Å²) in [7, 11) is 0. The predicted molar refractivity (Wildman–Crippen MR) is 114 cm³/mol. The Balaban J connectivity index is 1.67. The molecule has 7 heteroatoms. The third kappa shape index (κ3) is 5.30. The zero-order chi connectivity index (χ0) is 19.2. The maximum atomic E-state index is 12.4. The summed E-state index contributed by atoms with van der Waals surface area (Å²) >= 11 is 3.06. The smallest absolute Gasteiger partial charge is 0.228 e. The van der Waals surface area contributed by atoms with Gasteiger partial charge in [-0.05, 0) is 48.6 Å². The number of hydrogen-bond acceptors (Lipinski definition) is 5. The van der Waals surface area contributed by atoms with Crippen LogP contribution in [0, 0.1) is 0 Å². The van der Waals surface area contributed by atoms with Gasteiger partial charge in [0.05, 0.1) is 16.6 Å². The van der Waals surface area contributed by atoms with Gasteiger partial charge in [-0.3, -0.25) is 9.59 Å². The first kappa shape index (κ1) is 19.4. The van der Waals surface area contributed by atoms with E-state index in [1.807, 2.05) is 55.6 Å². The van der Waals surface area contributed by atoms with Gasteiger partial charge in [0, 0.05) is 17.0 Å². The summed E-state index contributed by atoms with van der Waals surface area (Å²) in [6, 6.07) is 13.5. The van der Waals surface area contributed by atoms with Gasteiger partial charge in [0.2, 0.25) is 11.8 Å². The number of benzene rings is 2. The van der Waals surface area contributed by atoms with Gasteiger partial charge in [0.1, 0.15) is 0 Å². The normalized spacial score (nSPS) is 10.7. The fraction of sp³-hybridized carbons (Fsp3) is 0.250. The summed E-state index contributed by atoms with van der Waals surface area (Å²) < 4.78 is 0.955. The molecule has 2 amide bonds. The Labute approximate surface area is 166 Å². The zero-order valence-electron chi connectivity index (χ0n) is 15.2. The molecule has 27 heavy (non-hydrogen) atoms. The number of amides is 2. The second kappa shape index (κ2) is 9.01. The summed E-state index contributed by atoms with van der Waals surface area (Å²) in [5.41, 5.74) is 2.53. The minimum atomic E-state index is -0.0615. The number of thiazole rings is 1. The highest BCUT2D eigenvalue weighted by Gasteiger charge is 2.10. The molecule has 2 N–H and O–H groups in total. The summed E-state index contributed by atoms with van der Waals surface area (Å²) in [5, 5.41) is 6.36. The Kier molecular flexibility index (Phi) is 6.47. The molecule has 5 nitrogen and oxygen atoms in total. The van der Waals surface area contributed by atoms with Crippen molar-refractivity contribution in [2.24, 2.45) is 0 Å². The lowest BCUT2D eigenvalue weighted by Crippen LogP contribution is -2.14. The molecule has 1 aromatic heterocycles. The van der Waals surface area contributed by atoms with Crippen molar-refractivity contribution in [2.45, 2.75) is 31.1 Å². The molecule has 1 heterocycles. The quantitative estimate of drug-likeness (QED) is 0.552. The third-order valence-corrected chi connectivity index (χ3v) is 5.55. The summed E-state index contributed by atoms with van der Waals surface area (Å²) in [5.74, 6) is -0.0859. The first-order chi connectivity index (χ1) is 13.1. The van der Waals surface area contributed by atoms with Crippen LogP contribution in [0.4, 0.5) is 10.8 Å². The van der Waals surface area contributed by atoms with Gasteiger partial charge in [-0.2, -0.15) is 0 Å². The second-order valence-electron chi connectivity index (χ2n) is 6.08. The van der Waals surface area contributed by atoms with E-state index >= 15 is 0 Å². The molecule has 0 fully saturated rings. The van der Waals surface area contributed by atoms with Crippen molar-refractivity contribution >= 4 is 55.9 Å². The Morgan fingerprint density at radius 2 is 1.96 bits per heavy atom. The van der Waals surface area contributed by atoms with Crippen LogP contribution in [-0.4, -0.2) is 23.1 Å². The minimum Gasteiger partial charge on any atom is -0.326 e. The number of anilines is 2. The molecular weight excluding hydrogens is 378 g/mol. The molecule has 0 aliphatic carbocycles. The van der Waals surface area contributed by atoms with E-state index in [2.05, 4.69) is 15.6 Å². The molecule has 140 valence electrons. The first-order valence-corrected chi connectivity index (χ1v) is 10.7. The fourth-order valence-electron chi connectivity index (χ4n) is 2.63. The Hall–Kier alpha value is -2.38. The lowest BCUT2D eigenvalue weighted by atomic mass is 10.1. The number of hydrogen-bond donors (Lipinski definition) is 2. The Bertz CT molecular complexity index is 969. The minimum absolute atomic E-state index is 0.0244. The summed E-state index contributed by atoms with van der Waals surface area (Å²) in [6.07, 6.45) is 3.58. The molecule has 0 atom stereocenters. The molecule has 2 aromatic carbocycles. The molecule has 0 saturated carbocycles. The average molecular weight is 400 g/mol. The first-order valence-electron chi connectivity index (χ1n) is 8.70. The topological polar surface area (TPSA) is 71.1 Å². The van der Waals surface area contributed by atoms with E-state index in [0.29, 0.717) is 11.6 Å². The SMILES string of the molecule is CCCC(=O)Nc1nc2ccc(CC(=O)Nc3cccc(SC)c3)cc2s1. The number of rotatable bonds is 7. The van der Waals surface area contributed by atoms with Crippen LogP contribution >= 0.6 is 23.1 Å². The van der Waals surface area contributed by atoms with Gasteiger partial charge < -0.3 is 10.6 Å². The van der Waals surface area contributed by atoms with Crippen LogP contribution in [0.2, 0.25) is 0 Å². The third-order valence-electron chi connectivity index (χ3n) is 3.89. The van der Waals surface area contributed by atoms with E-state index in [9.17, 15) is 9.59 Å². The molecule has 0 aliphatic heterocycles. The van der Waals surface area contributed by atoms with Crippen LogP contribution in [0.1, 0.15) is 25.3 Å². The molecule has 0 unspecified atom stereocenters. The van der Waals surface area contributed by atoms with Gasteiger partial charge in [0.25, 0.3) is 0 Å². The van der Waals surface area contributed by atoms with Crippen LogP contribution in [0.25, 0.3) is 10.2 Å². The number of aromatic nitrogens is 1. The molecule has 0 spiro atoms. The van der Waals surface area contributed by atoms with Crippen molar-refractivity contribution in [3.05, 3.63) is 48.0 Å². The van der Waals surface area contributed by atoms with Crippen molar-refractivity contribution in [3.63, 3.8) is 0 Å². The van der Waals surface area contributed by atoms with Gasteiger partial charge in [-0.1, -0.05) is 30.4 Å². The molecule has 0 aliphatic rings. The monoisotopic (exact) mass is 399 g/mol. The van der Waals surface area contributed by atoms with Crippen molar-refractivity contribution in [1.82, 2.24) is 4.98 Å². The maximum absolute atomic E-state index is 12.4. The molecule has 3 rings (SSSR count). The lowest BCUT2D eigenvalue weighted by Gasteiger charge is -2.06. The van der Waals surface area contributed by atoms with Crippen LogP contribution in [0.3, 0.4) is 0 Å². The van der Waals surface area contributed by atoms with E-state index in [-0.39, 0.29) is 18.2 Å². The van der Waals surface area contributed by atoms with Gasteiger partial charge in [-0.25, -0.2) is 4.98 Å².